The van der Waals surface area contributed by atoms with Crippen LogP contribution in [0.5, 0.6) is 0 Å². The Balaban J connectivity index is 1.95. The first-order valence-electron chi connectivity index (χ1n) is 7.41. The first kappa shape index (κ1) is 17.3. The van der Waals surface area contributed by atoms with Gasteiger partial charge in [0, 0.05) is 0 Å². The first-order chi connectivity index (χ1) is 12.5. The molecule has 3 N–H and O–H groups in total. The smallest absolute Gasteiger partial charge is 0.339 e. The number of pyridine rings is 1. The van der Waals surface area contributed by atoms with Crippen LogP contribution in [-0.2, 0) is 0 Å². The van der Waals surface area contributed by atoms with Crippen LogP contribution in [0.25, 0.3) is 0 Å². The molecule has 0 bridgehead atoms. The Bertz CT molecular complexity index is 959. The molecule has 3 aromatic rings. The number of nitrogens with one attached hydrogen (secondary N) is 2. The maximum atomic E-state index is 13.7. The van der Waals surface area contributed by atoms with Crippen LogP contribution >= 0.6 is 0 Å². The summed E-state index contributed by atoms with van der Waals surface area (Å²) in [6.45, 7) is 0. The number of nitrogens with zero attached hydrogens (tertiary/aromatic N) is 1. The predicted octanol–water partition coefficient (Wildman–Crippen LogP) is 4.68. The molecule has 0 aliphatic carbocycles. The normalized spacial score (nSPS) is 10.4. The molecule has 26 heavy (non-hydrogen) atoms. The Morgan fingerprint density at radius 3 is 2.23 bits per heavy atom. The minimum absolute atomic E-state index is 0.0448. The van der Waals surface area contributed by atoms with E-state index in [0.717, 1.165) is 18.2 Å². The summed E-state index contributed by atoms with van der Waals surface area (Å²) in [7, 11) is 0. The molecule has 1 heterocycles. The van der Waals surface area contributed by atoms with E-state index in [-0.39, 0.29) is 22.8 Å². The summed E-state index contributed by atoms with van der Waals surface area (Å²) in [5.74, 6) is -3.71. The van der Waals surface area contributed by atoms with Gasteiger partial charge < -0.3 is 15.7 Å². The van der Waals surface area contributed by atoms with Gasteiger partial charge in [0.15, 0.2) is 0 Å². The van der Waals surface area contributed by atoms with E-state index in [0.29, 0.717) is 0 Å². The average molecular weight is 359 g/mol. The number of halogens is 3. The third-order valence-corrected chi connectivity index (χ3v) is 3.48. The highest BCUT2D eigenvalue weighted by atomic mass is 19.1. The zero-order chi connectivity index (χ0) is 18.7. The summed E-state index contributed by atoms with van der Waals surface area (Å²) < 4.78 is 41.2. The Morgan fingerprint density at radius 1 is 0.923 bits per heavy atom. The number of aromatic carboxylic acids is 1. The van der Waals surface area contributed by atoms with Crippen molar-refractivity contribution in [2.24, 2.45) is 0 Å². The van der Waals surface area contributed by atoms with E-state index in [1.165, 1.54) is 30.5 Å². The average Bonchev–Trinajstić information content (AvgIpc) is 2.61. The fourth-order valence-corrected chi connectivity index (χ4v) is 2.25. The molecule has 0 atom stereocenters. The number of carboxylic acid groups (broad SMARTS) is 1. The van der Waals surface area contributed by atoms with E-state index < -0.39 is 29.1 Å². The molecule has 1 aromatic heterocycles. The lowest BCUT2D eigenvalue weighted by Crippen LogP contribution is -2.07. The fraction of sp³-hybridized carbons (Fsp3) is 0. The Labute approximate surface area is 146 Å². The summed E-state index contributed by atoms with van der Waals surface area (Å²) in [4.78, 5) is 15.4. The van der Waals surface area contributed by atoms with E-state index in [2.05, 4.69) is 15.6 Å². The van der Waals surface area contributed by atoms with Gasteiger partial charge in [-0.2, -0.15) is 0 Å². The summed E-state index contributed by atoms with van der Waals surface area (Å²) >= 11 is 0. The van der Waals surface area contributed by atoms with Crippen molar-refractivity contribution in [1.82, 2.24) is 4.98 Å². The molecule has 2 aromatic carbocycles. The van der Waals surface area contributed by atoms with Gasteiger partial charge in [-0.3, -0.25) is 0 Å². The fourth-order valence-electron chi connectivity index (χ4n) is 2.25. The highest BCUT2D eigenvalue weighted by Gasteiger charge is 2.16. The van der Waals surface area contributed by atoms with Gasteiger partial charge in [0.1, 0.15) is 34.5 Å². The van der Waals surface area contributed by atoms with E-state index in [4.69, 9.17) is 0 Å². The molecule has 8 heteroatoms. The number of hydrogen-bond acceptors (Lipinski definition) is 4. The maximum Gasteiger partial charge on any atom is 0.339 e. The van der Waals surface area contributed by atoms with Crippen LogP contribution in [0.2, 0.25) is 0 Å². The van der Waals surface area contributed by atoms with Crippen LogP contribution in [-0.4, -0.2) is 16.1 Å². The lowest BCUT2D eigenvalue weighted by Gasteiger charge is -2.13. The van der Waals surface area contributed by atoms with Gasteiger partial charge >= 0.3 is 5.97 Å². The van der Waals surface area contributed by atoms with Crippen molar-refractivity contribution in [2.45, 2.75) is 0 Å². The van der Waals surface area contributed by atoms with Crippen molar-refractivity contribution in [3.63, 3.8) is 0 Å². The van der Waals surface area contributed by atoms with Gasteiger partial charge in [-0.1, -0.05) is 18.2 Å². The molecule has 0 unspecified atom stereocenters. The number of para-hydroxylation sites is 2. The van der Waals surface area contributed by atoms with Crippen molar-refractivity contribution in [2.75, 3.05) is 10.6 Å². The number of anilines is 4. The third kappa shape index (κ3) is 3.59. The monoisotopic (exact) mass is 359 g/mol. The van der Waals surface area contributed by atoms with Crippen molar-refractivity contribution in [3.8, 4) is 0 Å². The minimum Gasteiger partial charge on any atom is -0.478 e. The highest BCUT2D eigenvalue weighted by molar-refractivity contribution is 5.95. The maximum absolute atomic E-state index is 13.7. The molecule has 0 spiro atoms. The van der Waals surface area contributed by atoms with Crippen LogP contribution in [0.1, 0.15) is 10.4 Å². The quantitative estimate of drug-likeness (QED) is 0.617. The molecule has 0 aliphatic rings. The van der Waals surface area contributed by atoms with Gasteiger partial charge in [0.25, 0.3) is 0 Å². The molecule has 0 amide bonds. The zero-order valence-corrected chi connectivity index (χ0v) is 13.1. The molecule has 0 fully saturated rings. The van der Waals surface area contributed by atoms with Crippen molar-refractivity contribution in [1.29, 1.82) is 0 Å². The van der Waals surface area contributed by atoms with E-state index in [1.807, 2.05) is 0 Å². The lowest BCUT2D eigenvalue weighted by molar-refractivity contribution is 0.0697. The molecular weight excluding hydrogens is 347 g/mol. The zero-order valence-electron chi connectivity index (χ0n) is 13.1. The van der Waals surface area contributed by atoms with Gasteiger partial charge in [0.05, 0.1) is 17.6 Å². The summed E-state index contributed by atoms with van der Waals surface area (Å²) in [6, 6.07) is 10.2. The number of hydrogen-bond donors (Lipinski definition) is 3. The standard InChI is InChI=1S/C18H12F3N3O2/c19-12-4-1-2-7-15(12)24-17-11(18(25)26)8-10(9-22-17)23-16-13(20)5-3-6-14(16)21/h1-9,23H,(H,22,24)(H,25,26). The van der Waals surface area contributed by atoms with Crippen LogP contribution < -0.4 is 10.6 Å². The second-order valence-electron chi connectivity index (χ2n) is 5.25. The number of carbonyl (C=O) groups is 1. The molecule has 3 rings (SSSR count). The number of rotatable bonds is 5. The second kappa shape index (κ2) is 7.14. The van der Waals surface area contributed by atoms with E-state index >= 15 is 0 Å². The third-order valence-electron chi connectivity index (χ3n) is 3.48. The molecule has 0 aliphatic heterocycles. The molecular formula is C18H12F3N3O2. The van der Waals surface area contributed by atoms with Gasteiger partial charge in [-0.05, 0) is 30.3 Å². The van der Waals surface area contributed by atoms with Crippen LogP contribution in [0.4, 0.5) is 36.1 Å². The van der Waals surface area contributed by atoms with Crippen LogP contribution in [0.15, 0.2) is 54.7 Å². The van der Waals surface area contributed by atoms with Gasteiger partial charge in [-0.15, -0.1) is 0 Å². The molecule has 0 saturated heterocycles. The van der Waals surface area contributed by atoms with Crippen LogP contribution in [0.3, 0.4) is 0 Å². The molecule has 0 radical (unpaired) electrons. The van der Waals surface area contributed by atoms with Crippen molar-refractivity contribution in [3.05, 3.63) is 77.7 Å². The largest absolute Gasteiger partial charge is 0.478 e. The Morgan fingerprint density at radius 2 is 1.58 bits per heavy atom. The Hall–Kier alpha value is -3.55. The SMILES string of the molecule is O=C(O)c1cc(Nc2c(F)cccc2F)cnc1Nc1ccccc1F. The van der Waals surface area contributed by atoms with Crippen molar-refractivity contribution < 1.29 is 23.1 Å². The van der Waals surface area contributed by atoms with Gasteiger partial charge in [0.2, 0.25) is 0 Å². The van der Waals surface area contributed by atoms with E-state index in [9.17, 15) is 23.1 Å². The molecule has 0 saturated carbocycles. The lowest BCUT2D eigenvalue weighted by atomic mass is 10.2. The summed E-state index contributed by atoms with van der Waals surface area (Å²) in [6.07, 6.45) is 1.18. The number of carboxylic acids is 1. The minimum atomic E-state index is -1.34. The number of benzene rings is 2. The first-order valence-corrected chi connectivity index (χ1v) is 7.41. The van der Waals surface area contributed by atoms with Crippen molar-refractivity contribution >= 4 is 28.8 Å². The Kier molecular flexibility index (Phi) is 4.74. The predicted molar refractivity (Wildman–Crippen MR) is 90.5 cm³/mol. The highest BCUT2D eigenvalue weighted by Crippen LogP contribution is 2.27. The topological polar surface area (TPSA) is 74.2 Å². The molecule has 132 valence electrons. The van der Waals surface area contributed by atoms with E-state index in [1.54, 1.807) is 6.07 Å². The van der Waals surface area contributed by atoms with Gasteiger partial charge in [-0.25, -0.2) is 22.9 Å². The second-order valence-corrected chi connectivity index (χ2v) is 5.25. The summed E-state index contributed by atoms with van der Waals surface area (Å²) in [5, 5.41) is 14.4. The molecule has 5 nitrogen and oxygen atoms in total. The summed E-state index contributed by atoms with van der Waals surface area (Å²) in [5.41, 5.74) is -0.621. The number of aromatic nitrogens is 1. The van der Waals surface area contributed by atoms with Crippen LogP contribution in [0, 0.1) is 17.5 Å².